The van der Waals surface area contributed by atoms with Gasteiger partial charge >= 0.3 is 14.2 Å². The number of benzene rings is 1. The molecule has 0 aliphatic carbocycles. The molecule has 9 nitrogen and oxygen atoms in total. The van der Waals surface area contributed by atoms with Crippen LogP contribution >= 0.6 is 8.53 Å². The van der Waals surface area contributed by atoms with E-state index in [1.807, 2.05) is 37.3 Å². The van der Waals surface area contributed by atoms with Crippen LogP contribution in [0.25, 0.3) is 0 Å². The first-order valence-electron chi connectivity index (χ1n) is 9.73. The minimum Gasteiger partial charge on any atom is -0.436 e. The largest absolute Gasteiger partial charge is 0.436 e. The number of rotatable bonds is 9. The number of hydrogen-bond donors (Lipinski definition) is 2. The monoisotopic (exact) mass is 435 g/mol. The number of Topliss-reactive ketones (excluding diaryl/α,β-unsaturated/α-hetero) is 1. The molecule has 3 rings (SSSR count). The molecular weight excluding hydrogens is 409 g/mol. The number of H-pyrrole nitrogens is 1. The van der Waals surface area contributed by atoms with Gasteiger partial charge in [0.25, 0.3) is 5.56 Å². The number of carbonyl (C=O) groups is 1. The van der Waals surface area contributed by atoms with Crippen LogP contribution in [-0.4, -0.2) is 34.1 Å². The van der Waals surface area contributed by atoms with Crippen LogP contribution in [-0.2, 0) is 14.1 Å². The van der Waals surface area contributed by atoms with Crippen molar-refractivity contribution in [3.05, 3.63) is 63.4 Å². The molecule has 1 aliphatic heterocycles. The molecule has 1 aliphatic rings. The second-order valence-corrected chi connectivity index (χ2v) is 8.51. The summed E-state index contributed by atoms with van der Waals surface area (Å²) in [5, 5.41) is 3.08. The van der Waals surface area contributed by atoms with E-state index in [9.17, 15) is 14.4 Å². The van der Waals surface area contributed by atoms with Gasteiger partial charge in [0.15, 0.2) is 0 Å². The predicted molar refractivity (Wildman–Crippen MR) is 112 cm³/mol. The van der Waals surface area contributed by atoms with E-state index >= 15 is 0 Å². The first-order valence-corrected chi connectivity index (χ1v) is 10.9. The molecule has 10 heteroatoms. The summed E-state index contributed by atoms with van der Waals surface area (Å²) in [6.45, 7) is 5.46. The van der Waals surface area contributed by atoms with Crippen LogP contribution < -0.4 is 20.9 Å². The third kappa shape index (κ3) is 5.86. The minimum absolute atomic E-state index is 0.0222. The number of ether oxygens (including phenoxy) is 1. The summed E-state index contributed by atoms with van der Waals surface area (Å²) >= 11 is 0. The number of aromatic amines is 1. The molecule has 2 heterocycles. The van der Waals surface area contributed by atoms with E-state index in [4.69, 9.17) is 13.8 Å². The molecule has 0 bridgehead atoms. The molecule has 1 aromatic heterocycles. The van der Waals surface area contributed by atoms with Gasteiger partial charge in [-0.1, -0.05) is 25.1 Å². The zero-order chi connectivity index (χ0) is 21.7. The summed E-state index contributed by atoms with van der Waals surface area (Å²) < 4.78 is 19.2. The van der Waals surface area contributed by atoms with Crippen molar-refractivity contribution in [1.29, 1.82) is 0 Å². The molecule has 5 atom stereocenters. The lowest BCUT2D eigenvalue weighted by Crippen LogP contribution is -2.33. The van der Waals surface area contributed by atoms with Gasteiger partial charge < -0.3 is 13.8 Å². The fraction of sp³-hybridized carbons (Fsp3) is 0.450. The highest BCUT2D eigenvalue weighted by atomic mass is 31.2. The van der Waals surface area contributed by atoms with E-state index in [-0.39, 0.29) is 24.4 Å². The van der Waals surface area contributed by atoms with Gasteiger partial charge in [0.2, 0.25) is 0 Å². The van der Waals surface area contributed by atoms with Crippen LogP contribution in [0.1, 0.15) is 33.4 Å². The number of carbonyl (C=O) groups excluding carboxylic acids is 1. The highest BCUT2D eigenvalue weighted by molar-refractivity contribution is 7.45. The van der Waals surface area contributed by atoms with Crippen LogP contribution in [0.4, 0.5) is 0 Å². The maximum absolute atomic E-state index is 12.1. The molecular formula is C20H26N3O6P. The Hall–Kier alpha value is -2.32. The van der Waals surface area contributed by atoms with Gasteiger partial charge in [0.1, 0.15) is 17.8 Å². The molecule has 0 radical (unpaired) electrons. The van der Waals surface area contributed by atoms with Crippen LogP contribution in [0, 0.1) is 5.92 Å². The van der Waals surface area contributed by atoms with E-state index in [0.29, 0.717) is 12.2 Å². The molecule has 0 spiro atoms. The lowest BCUT2D eigenvalue weighted by Gasteiger charge is -2.23. The van der Waals surface area contributed by atoms with Crippen LogP contribution in [0.15, 0.2) is 52.2 Å². The maximum Gasteiger partial charge on any atom is 0.330 e. The first-order chi connectivity index (χ1) is 14.3. The SMILES string of the molecule is CC(=O)C(C)NP(OCC1CC(C)C(n2ccc(=O)[nH]c2=O)O1)Oc1ccccc1. The van der Waals surface area contributed by atoms with E-state index < -0.39 is 32.0 Å². The van der Waals surface area contributed by atoms with Gasteiger partial charge in [-0.3, -0.25) is 19.1 Å². The Balaban J connectivity index is 1.63. The number of aromatic nitrogens is 2. The number of ketones is 1. The Kier molecular flexibility index (Phi) is 7.55. The Bertz CT molecular complexity index is 963. The second kappa shape index (κ2) is 10.1. The average molecular weight is 435 g/mol. The minimum atomic E-state index is -1.59. The normalized spacial score (nSPS) is 23.1. The third-order valence-corrected chi connectivity index (χ3v) is 6.16. The summed E-state index contributed by atoms with van der Waals surface area (Å²) in [6.07, 6.45) is 1.36. The molecule has 2 N–H and O–H groups in total. The van der Waals surface area contributed by atoms with Crippen LogP contribution in [0.2, 0.25) is 0 Å². The molecule has 162 valence electrons. The molecule has 1 saturated heterocycles. The first kappa shape index (κ1) is 22.4. The molecule has 30 heavy (non-hydrogen) atoms. The number of nitrogens with one attached hydrogen (secondary N) is 2. The van der Waals surface area contributed by atoms with E-state index in [1.165, 1.54) is 23.8 Å². The standard InChI is InChI=1S/C20H26N3O6P/c1-13-11-17(28-19(13)23-10-9-18(25)21-20(23)26)12-27-30(22-14(2)15(3)24)29-16-7-5-4-6-8-16/h4-10,13-14,17,19,22H,11-12H2,1-3H3,(H,21,25,26). The van der Waals surface area contributed by atoms with Crippen molar-refractivity contribution in [3.8, 4) is 5.75 Å². The van der Waals surface area contributed by atoms with Gasteiger partial charge in [-0.25, -0.2) is 9.88 Å². The van der Waals surface area contributed by atoms with Crippen molar-refractivity contribution >= 4 is 14.3 Å². The van der Waals surface area contributed by atoms with Gasteiger partial charge in [-0.2, -0.15) is 0 Å². The highest BCUT2D eigenvalue weighted by Crippen LogP contribution is 2.39. The van der Waals surface area contributed by atoms with Gasteiger partial charge in [0, 0.05) is 18.2 Å². The third-order valence-electron chi connectivity index (χ3n) is 4.80. The smallest absolute Gasteiger partial charge is 0.330 e. The number of nitrogens with zero attached hydrogens (tertiary/aromatic N) is 1. The van der Waals surface area contributed by atoms with Crippen molar-refractivity contribution in [1.82, 2.24) is 14.6 Å². The fourth-order valence-electron chi connectivity index (χ4n) is 3.06. The summed E-state index contributed by atoms with van der Waals surface area (Å²) in [7, 11) is -1.59. The Morgan fingerprint density at radius 2 is 2.07 bits per heavy atom. The van der Waals surface area contributed by atoms with Crippen molar-refractivity contribution in [2.45, 2.75) is 45.6 Å². The lowest BCUT2D eigenvalue weighted by molar-refractivity contribution is -0.118. The summed E-state index contributed by atoms with van der Waals surface area (Å²) in [5.41, 5.74) is -0.955. The van der Waals surface area contributed by atoms with Gasteiger partial charge in [-0.15, -0.1) is 0 Å². The lowest BCUT2D eigenvalue weighted by atomic mass is 10.1. The maximum atomic E-state index is 12.1. The van der Waals surface area contributed by atoms with Crippen molar-refractivity contribution < 1.29 is 18.6 Å². The fourth-order valence-corrected chi connectivity index (χ4v) is 4.35. The number of hydrogen-bond acceptors (Lipinski definition) is 7. The zero-order valence-electron chi connectivity index (χ0n) is 17.1. The molecule has 5 unspecified atom stereocenters. The summed E-state index contributed by atoms with van der Waals surface area (Å²) in [5.74, 6) is 0.656. The van der Waals surface area contributed by atoms with Crippen LogP contribution in [0.3, 0.4) is 0 Å². The van der Waals surface area contributed by atoms with Gasteiger partial charge in [-0.05, 0) is 32.4 Å². The van der Waals surface area contributed by atoms with Gasteiger partial charge in [0.05, 0.1) is 18.8 Å². The summed E-state index contributed by atoms with van der Waals surface area (Å²) in [4.78, 5) is 37.3. The molecule has 2 aromatic rings. The molecule has 1 fully saturated rings. The molecule has 0 amide bonds. The van der Waals surface area contributed by atoms with Crippen molar-refractivity contribution in [2.24, 2.45) is 5.92 Å². The van der Waals surface area contributed by atoms with Crippen molar-refractivity contribution in [3.63, 3.8) is 0 Å². The van der Waals surface area contributed by atoms with E-state index in [0.717, 1.165) is 0 Å². The predicted octanol–water partition coefficient (Wildman–Crippen LogP) is 2.35. The average Bonchev–Trinajstić information content (AvgIpc) is 3.07. The van der Waals surface area contributed by atoms with E-state index in [1.54, 1.807) is 6.92 Å². The Labute approximate surface area is 175 Å². The van der Waals surface area contributed by atoms with E-state index in [2.05, 4.69) is 10.1 Å². The Morgan fingerprint density at radius 1 is 1.33 bits per heavy atom. The van der Waals surface area contributed by atoms with Crippen LogP contribution in [0.5, 0.6) is 5.75 Å². The molecule has 0 saturated carbocycles. The topological polar surface area (TPSA) is 112 Å². The quantitative estimate of drug-likeness (QED) is 0.582. The Morgan fingerprint density at radius 3 is 2.73 bits per heavy atom. The summed E-state index contributed by atoms with van der Waals surface area (Å²) in [6, 6.07) is 10.1. The second-order valence-electron chi connectivity index (χ2n) is 7.30. The number of para-hydroxylation sites is 1. The highest BCUT2D eigenvalue weighted by Gasteiger charge is 2.35. The van der Waals surface area contributed by atoms with Crippen molar-refractivity contribution in [2.75, 3.05) is 6.61 Å². The molecule has 1 aromatic carbocycles. The zero-order valence-corrected chi connectivity index (χ0v) is 18.0.